The molecule has 0 radical (unpaired) electrons. The smallest absolute Gasteiger partial charge is 0.359 e. The van der Waals surface area contributed by atoms with Gasteiger partial charge in [-0.1, -0.05) is 0 Å². The quantitative estimate of drug-likeness (QED) is 0.740. The molecule has 6 heteroatoms. The number of nitrogens with one attached hydrogen (secondary N) is 1. The Labute approximate surface area is 100 Å². The highest BCUT2D eigenvalue weighted by molar-refractivity contribution is 5.90. The lowest BCUT2D eigenvalue weighted by atomic mass is 9.93. The maximum atomic E-state index is 11.8. The van der Waals surface area contributed by atoms with E-state index in [2.05, 4.69) is 10.4 Å². The first-order chi connectivity index (χ1) is 8.19. The Bertz CT molecular complexity index is 423. The Kier molecular flexibility index (Phi) is 3.33. The van der Waals surface area contributed by atoms with Crippen LogP contribution in [0, 0.1) is 0 Å². The molecular formula is C11H18N4O2. The lowest BCUT2D eigenvalue weighted by Gasteiger charge is -2.27. The van der Waals surface area contributed by atoms with Crippen molar-refractivity contribution in [3.05, 3.63) is 11.3 Å². The van der Waals surface area contributed by atoms with E-state index in [1.807, 2.05) is 6.92 Å². The zero-order valence-corrected chi connectivity index (χ0v) is 10.2. The van der Waals surface area contributed by atoms with Gasteiger partial charge in [0, 0.05) is 31.1 Å². The van der Waals surface area contributed by atoms with Crippen molar-refractivity contribution < 1.29 is 9.53 Å². The van der Waals surface area contributed by atoms with E-state index < -0.39 is 0 Å². The molecule has 2 heterocycles. The van der Waals surface area contributed by atoms with Crippen molar-refractivity contribution >= 4 is 11.8 Å². The van der Waals surface area contributed by atoms with Crippen LogP contribution in [0.5, 0.6) is 0 Å². The van der Waals surface area contributed by atoms with E-state index in [9.17, 15) is 4.79 Å². The predicted molar refractivity (Wildman–Crippen MR) is 63.9 cm³/mol. The molecule has 0 aliphatic carbocycles. The molecule has 0 saturated carbocycles. The molecule has 0 aromatic carbocycles. The number of hydrogen-bond acceptors (Lipinski definition) is 5. The SMILES string of the molecule is CCOC(=O)c1nn(CC)c(N)c1C1CNC1. The topological polar surface area (TPSA) is 82.2 Å². The monoisotopic (exact) mass is 238 g/mol. The molecule has 3 N–H and O–H groups in total. The van der Waals surface area contributed by atoms with E-state index in [1.165, 1.54) is 0 Å². The summed E-state index contributed by atoms with van der Waals surface area (Å²) in [7, 11) is 0. The van der Waals surface area contributed by atoms with Gasteiger partial charge >= 0.3 is 5.97 Å². The summed E-state index contributed by atoms with van der Waals surface area (Å²) in [4.78, 5) is 11.8. The summed E-state index contributed by atoms with van der Waals surface area (Å²) >= 11 is 0. The maximum absolute atomic E-state index is 11.8. The summed E-state index contributed by atoms with van der Waals surface area (Å²) in [5, 5.41) is 7.41. The van der Waals surface area contributed by atoms with Crippen LogP contribution in [-0.4, -0.2) is 35.4 Å². The number of carbonyl (C=O) groups excluding carboxylic acids is 1. The van der Waals surface area contributed by atoms with Gasteiger partial charge in [-0.05, 0) is 13.8 Å². The number of aromatic nitrogens is 2. The predicted octanol–water partition coefficient (Wildman–Crippen LogP) is 0.349. The average Bonchev–Trinajstić information content (AvgIpc) is 2.55. The van der Waals surface area contributed by atoms with Crippen molar-refractivity contribution in [2.75, 3.05) is 25.4 Å². The number of esters is 1. The van der Waals surface area contributed by atoms with E-state index in [0.717, 1.165) is 18.7 Å². The van der Waals surface area contributed by atoms with Gasteiger partial charge in [0.1, 0.15) is 5.82 Å². The highest BCUT2D eigenvalue weighted by Gasteiger charge is 2.31. The Morgan fingerprint density at radius 2 is 2.29 bits per heavy atom. The number of nitrogens with two attached hydrogens (primary N) is 1. The van der Waals surface area contributed by atoms with Crippen LogP contribution >= 0.6 is 0 Å². The van der Waals surface area contributed by atoms with Crippen LogP contribution in [-0.2, 0) is 11.3 Å². The van der Waals surface area contributed by atoms with Crippen LogP contribution in [0.15, 0.2) is 0 Å². The first-order valence-electron chi connectivity index (χ1n) is 5.93. The zero-order chi connectivity index (χ0) is 12.4. The molecule has 94 valence electrons. The van der Waals surface area contributed by atoms with Crippen LogP contribution in [0.4, 0.5) is 5.82 Å². The van der Waals surface area contributed by atoms with E-state index in [4.69, 9.17) is 10.5 Å². The molecule has 1 saturated heterocycles. The molecule has 17 heavy (non-hydrogen) atoms. The largest absolute Gasteiger partial charge is 0.461 e. The number of aryl methyl sites for hydroxylation is 1. The number of hydrogen-bond donors (Lipinski definition) is 2. The Hall–Kier alpha value is -1.56. The molecule has 1 aliphatic rings. The minimum absolute atomic E-state index is 0.273. The van der Waals surface area contributed by atoms with E-state index >= 15 is 0 Å². The molecule has 1 aliphatic heterocycles. The molecule has 0 unspecified atom stereocenters. The highest BCUT2D eigenvalue weighted by Crippen LogP contribution is 2.29. The number of ether oxygens (including phenoxy) is 1. The van der Waals surface area contributed by atoms with Crippen LogP contribution in [0.2, 0.25) is 0 Å². The molecule has 0 amide bonds. The van der Waals surface area contributed by atoms with Gasteiger partial charge in [-0.25, -0.2) is 9.48 Å². The lowest BCUT2D eigenvalue weighted by Crippen LogP contribution is -2.40. The maximum Gasteiger partial charge on any atom is 0.359 e. The van der Waals surface area contributed by atoms with Crippen molar-refractivity contribution in [3.8, 4) is 0 Å². The zero-order valence-electron chi connectivity index (χ0n) is 10.2. The van der Waals surface area contributed by atoms with Gasteiger partial charge < -0.3 is 15.8 Å². The Morgan fingerprint density at radius 1 is 1.59 bits per heavy atom. The minimum atomic E-state index is -0.381. The number of nitrogens with zero attached hydrogens (tertiary/aromatic N) is 2. The van der Waals surface area contributed by atoms with Gasteiger partial charge in [0.25, 0.3) is 0 Å². The van der Waals surface area contributed by atoms with Crippen molar-refractivity contribution in [3.63, 3.8) is 0 Å². The lowest BCUT2D eigenvalue weighted by molar-refractivity contribution is 0.0516. The second kappa shape index (κ2) is 4.75. The fourth-order valence-corrected chi connectivity index (χ4v) is 1.98. The third kappa shape index (κ3) is 2.00. The summed E-state index contributed by atoms with van der Waals surface area (Å²) in [6, 6.07) is 0. The Balaban J connectivity index is 2.38. The average molecular weight is 238 g/mol. The van der Waals surface area contributed by atoms with Gasteiger partial charge in [-0.15, -0.1) is 0 Å². The third-order valence-electron chi connectivity index (χ3n) is 2.99. The number of carbonyl (C=O) groups is 1. The Morgan fingerprint density at radius 3 is 2.76 bits per heavy atom. The molecule has 1 aromatic heterocycles. The minimum Gasteiger partial charge on any atom is -0.461 e. The van der Waals surface area contributed by atoms with Gasteiger partial charge in [0.05, 0.1) is 6.61 Å². The second-order valence-electron chi connectivity index (χ2n) is 4.04. The normalized spacial score (nSPS) is 15.6. The van der Waals surface area contributed by atoms with E-state index in [-0.39, 0.29) is 11.9 Å². The summed E-state index contributed by atoms with van der Waals surface area (Å²) < 4.78 is 6.66. The van der Waals surface area contributed by atoms with Gasteiger partial charge in [0.2, 0.25) is 0 Å². The second-order valence-corrected chi connectivity index (χ2v) is 4.04. The summed E-state index contributed by atoms with van der Waals surface area (Å²) in [5.41, 5.74) is 7.23. The van der Waals surface area contributed by atoms with Crippen molar-refractivity contribution in [2.24, 2.45) is 0 Å². The molecule has 1 aromatic rings. The molecule has 1 fully saturated rings. The first-order valence-corrected chi connectivity index (χ1v) is 5.93. The summed E-state index contributed by atoms with van der Waals surface area (Å²) in [6.45, 7) is 6.40. The van der Waals surface area contributed by atoms with Crippen molar-refractivity contribution in [1.82, 2.24) is 15.1 Å². The van der Waals surface area contributed by atoms with Crippen LogP contribution in [0.25, 0.3) is 0 Å². The fourth-order valence-electron chi connectivity index (χ4n) is 1.98. The fraction of sp³-hybridized carbons (Fsp3) is 0.636. The molecule has 6 nitrogen and oxygen atoms in total. The van der Waals surface area contributed by atoms with E-state index in [0.29, 0.717) is 24.7 Å². The van der Waals surface area contributed by atoms with Crippen LogP contribution in [0.1, 0.15) is 35.8 Å². The molecular weight excluding hydrogens is 220 g/mol. The summed E-state index contributed by atoms with van der Waals surface area (Å²) in [6.07, 6.45) is 0. The number of rotatable bonds is 4. The summed E-state index contributed by atoms with van der Waals surface area (Å²) in [5.74, 6) is 0.477. The first kappa shape index (κ1) is 11.9. The number of nitrogen functional groups attached to an aromatic ring is 1. The standard InChI is InChI=1S/C11H18N4O2/c1-3-15-10(12)8(7-5-13-6-7)9(14-15)11(16)17-4-2/h7,13H,3-6,12H2,1-2H3. The molecule has 2 rings (SSSR count). The third-order valence-corrected chi connectivity index (χ3v) is 2.99. The molecule has 0 atom stereocenters. The van der Waals surface area contributed by atoms with Gasteiger partial charge in [-0.2, -0.15) is 5.10 Å². The van der Waals surface area contributed by atoms with Crippen molar-refractivity contribution in [2.45, 2.75) is 26.3 Å². The van der Waals surface area contributed by atoms with E-state index in [1.54, 1.807) is 11.6 Å². The molecule has 0 bridgehead atoms. The van der Waals surface area contributed by atoms with Crippen LogP contribution < -0.4 is 11.1 Å². The van der Waals surface area contributed by atoms with Gasteiger partial charge in [0.15, 0.2) is 5.69 Å². The van der Waals surface area contributed by atoms with Crippen molar-refractivity contribution in [1.29, 1.82) is 0 Å². The van der Waals surface area contributed by atoms with Gasteiger partial charge in [-0.3, -0.25) is 0 Å². The van der Waals surface area contributed by atoms with Crippen LogP contribution in [0.3, 0.4) is 0 Å². The number of anilines is 1. The molecule has 0 spiro atoms. The highest BCUT2D eigenvalue weighted by atomic mass is 16.5.